The monoisotopic (exact) mass is 265 g/mol. The number of rotatable bonds is 7. The molecule has 5 heteroatoms. The molecule has 0 aliphatic carbocycles. The Morgan fingerprint density at radius 2 is 2.26 bits per heavy atom. The lowest BCUT2D eigenvalue weighted by Gasteiger charge is -2.25. The number of nitrogens with zero attached hydrogens (tertiary/aromatic N) is 2. The highest BCUT2D eigenvalue weighted by Crippen LogP contribution is 2.11. The Balaban J connectivity index is 2.85. The quantitative estimate of drug-likeness (QED) is 0.788. The predicted octanol–water partition coefficient (Wildman–Crippen LogP) is 1.75. The molecule has 0 bridgehead atoms. The largest absolute Gasteiger partial charge is 0.395 e. The maximum absolute atomic E-state index is 12.3. The molecular formula is C14H23N3O2. The number of anilines is 1. The van der Waals surface area contributed by atoms with Gasteiger partial charge in [0.2, 0.25) is 0 Å². The fraction of sp³-hybridized carbons (Fsp3) is 0.571. The van der Waals surface area contributed by atoms with Gasteiger partial charge in [-0.2, -0.15) is 0 Å². The van der Waals surface area contributed by atoms with E-state index in [0.717, 1.165) is 18.7 Å². The molecule has 0 spiro atoms. The van der Waals surface area contributed by atoms with Gasteiger partial charge in [-0.25, -0.2) is 0 Å². The standard InChI is InChI=1S/C14H23N3O2/c1-4-6-15-12-5-7-16-13(10-12)14(19)17(8-9-18)11(2)3/h5,7,10-11,18H,4,6,8-9H2,1-3H3,(H,15,16). The molecule has 0 saturated carbocycles. The van der Waals surface area contributed by atoms with E-state index in [-0.39, 0.29) is 18.6 Å². The van der Waals surface area contributed by atoms with Crippen LogP contribution in [-0.2, 0) is 0 Å². The summed E-state index contributed by atoms with van der Waals surface area (Å²) in [6, 6.07) is 3.64. The van der Waals surface area contributed by atoms with E-state index in [4.69, 9.17) is 5.11 Å². The van der Waals surface area contributed by atoms with Gasteiger partial charge in [-0.05, 0) is 32.4 Å². The van der Waals surface area contributed by atoms with Crippen molar-refractivity contribution < 1.29 is 9.90 Å². The minimum absolute atomic E-state index is 0.0358. The molecule has 0 aliphatic heterocycles. The Morgan fingerprint density at radius 1 is 1.53 bits per heavy atom. The fourth-order valence-corrected chi connectivity index (χ4v) is 1.78. The van der Waals surface area contributed by atoms with Crippen molar-refractivity contribution in [3.05, 3.63) is 24.0 Å². The van der Waals surface area contributed by atoms with Crippen LogP contribution in [0.3, 0.4) is 0 Å². The number of aromatic nitrogens is 1. The van der Waals surface area contributed by atoms with E-state index in [2.05, 4.69) is 17.2 Å². The van der Waals surface area contributed by atoms with Crippen LogP contribution in [-0.4, -0.2) is 46.6 Å². The van der Waals surface area contributed by atoms with Gasteiger partial charge in [-0.1, -0.05) is 6.92 Å². The summed E-state index contributed by atoms with van der Waals surface area (Å²) in [5.74, 6) is -0.149. The number of pyridine rings is 1. The lowest BCUT2D eigenvalue weighted by atomic mass is 10.2. The van der Waals surface area contributed by atoms with Crippen LogP contribution in [0.25, 0.3) is 0 Å². The number of aliphatic hydroxyl groups excluding tert-OH is 1. The third-order valence-electron chi connectivity index (χ3n) is 2.78. The van der Waals surface area contributed by atoms with E-state index in [9.17, 15) is 4.79 Å². The van der Waals surface area contributed by atoms with Crippen LogP contribution in [0.15, 0.2) is 18.3 Å². The molecule has 0 radical (unpaired) electrons. The summed E-state index contributed by atoms with van der Waals surface area (Å²) in [5.41, 5.74) is 1.30. The van der Waals surface area contributed by atoms with E-state index in [0.29, 0.717) is 12.2 Å². The first kappa shape index (κ1) is 15.4. The van der Waals surface area contributed by atoms with Gasteiger partial charge in [0.15, 0.2) is 0 Å². The fourth-order valence-electron chi connectivity index (χ4n) is 1.78. The average molecular weight is 265 g/mol. The van der Waals surface area contributed by atoms with Crippen LogP contribution >= 0.6 is 0 Å². The molecule has 1 aromatic heterocycles. The second-order valence-corrected chi connectivity index (χ2v) is 4.67. The molecule has 106 valence electrons. The van der Waals surface area contributed by atoms with E-state index in [1.165, 1.54) is 0 Å². The zero-order valence-corrected chi connectivity index (χ0v) is 11.9. The van der Waals surface area contributed by atoms with Crippen molar-refractivity contribution in [1.29, 1.82) is 0 Å². The summed E-state index contributed by atoms with van der Waals surface area (Å²) in [5, 5.41) is 12.3. The first-order valence-corrected chi connectivity index (χ1v) is 6.71. The van der Waals surface area contributed by atoms with Gasteiger partial charge in [-0.3, -0.25) is 9.78 Å². The second kappa shape index (κ2) is 7.74. The van der Waals surface area contributed by atoms with Crippen molar-refractivity contribution in [3.63, 3.8) is 0 Å². The van der Waals surface area contributed by atoms with Gasteiger partial charge in [0.25, 0.3) is 5.91 Å². The van der Waals surface area contributed by atoms with E-state index in [1.807, 2.05) is 19.9 Å². The molecule has 1 amide bonds. The number of hydrogen-bond donors (Lipinski definition) is 2. The van der Waals surface area contributed by atoms with E-state index < -0.39 is 0 Å². The lowest BCUT2D eigenvalue weighted by molar-refractivity contribution is 0.0659. The van der Waals surface area contributed by atoms with Gasteiger partial charge >= 0.3 is 0 Å². The highest BCUT2D eigenvalue weighted by Gasteiger charge is 2.19. The number of carbonyl (C=O) groups excluding carboxylic acids is 1. The van der Waals surface area contributed by atoms with Gasteiger partial charge in [0.05, 0.1) is 6.61 Å². The lowest BCUT2D eigenvalue weighted by Crippen LogP contribution is -2.39. The zero-order valence-electron chi connectivity index (χ0n) is 11.9. The van der Waals surface area contributed by atoms with Crippen LogP contribution in [0.4, 0.5) is 5.69 Å². The number of amides is 1. The first-order chi connectivity index (χ1) is 9.10. The van der Waals surface area contributed by atoms with Crippen LogP contribution < -0.4 is 5.32 Å². The summed E-state index contributed by atoms with van der Waals surface area (Å²) >= 11 is 0. The third kappa shape index (κ3) is 4.52. The average Bonchev–Trinajstić information content (AvgIpc) is 2.41. The minimum atomic E-state index is -0.149. The highest BCUT2D eigenvalue weighted by atomic mass is 16.3. The molecular weight excluding hydrogens is 242 g/mol. The molecule has 1 rings (SSSR count). The van der Waals surface area contributed by atoms with Gasteiger partial charge in [0, 0.05) is 31.0 Å². The Labute approximate surface area is 114 Å². The number of nitrogens with one attached hydrogen (secondary N) is 1. The highest BCUT2D eigenvalue weighted by molar-refractivity contribution is 5.93. The normalized spacial score (nSPS) is 10.6. The Morgan fingerprint density at radius 3 is 2.84 bits per heavy atom. The van der Waals surface area contributed by atoms with Crippen LogP contribution in [0.1, 0.15) is 37.7 Å². The number of hydrogen-bond acceptors (Lipinski definition) is 4. The SMILES string of the molecule is CCCNc1ccnc(C(=O)N(CCO)C(C)C)c1. The summed E-state index contributed by atoms with van der Waals surface area (Å²) in [7, 11) is 0. The molecule has 19 heavy (non-hydrogen) atoms. The van der Waals surface area contributed by atoms with Gasteiger partial charge < -0.3 is 15.3 Å². The molecule has 5 nitrogen and oxygen atoms in total. The third-order valence-corrected chi connectivity index (χ3v) is 2.78. The topological polar surface area (TPSA) is 65.5 Å². The van der Waals surface area contributed by atoms with Crippen molar-refractivity contribution >= 4 is 11.6 Å². The number of aliphatic hydroxyl groups is 1. The Kier molecular flexibility index (Phi) is 6.29. The van der Waals surface area contributed by atoms with Crippen molar-refractivity contribution in [2.24, 2.45) is 0 Å². The smallest absolute Gasteiger partial charge is 0.272 e. The molecule has 0 saturated heterocycles. The molecule has 0 aliphatic rings. The van der Waals surface area contributed by atoms with Crippen molar-refractivity contribution in [2.45, 2.75) is 33.2 Å². The predicted molar refractivity (Wildman–Crippen MR) is 76.3 cm³/mol. The summed E-state index contributed by atoms with van der Waals surface area (Å²) in [6.45, 7) is 7.08. The van der Waals surface area contributed by atoms with Gasteiger partial charge in [0.1, 0.15) is 5.69 Å². The molecule has 0 aromatic carbocycles. The van der Waals surface area contributed by atoms with Crippen LogP contribution in [0.2, 0.25) is 0 Å². The van der Waals surface area contributed by atoms with E-state index >= 15 is 0 Å². The minimum Gasteiger partial charge on any atom is -0.395 e. The van der Waals surface area contributed by atoms with Crippen molar-refractivity contribution in [1.82, 2.24) is 9.88 Å². The summed E-state index contributed by atoms with van der Waals surface area (Å²) in [4.78, 5) is 18.1. The molecule has 1 aromatic rings. The van der Waals surface area contributed by atoms with E-state index in [1.54, 1.807) is 17.2 Å². The van der Waals surface area contributed by atoms with Crippen LogP contribution in [0.5, 0.6) is 0 Å². The Bertz CT molecular complexity index is 407. The summed E-state index contributed by atoms with van der Waals surface area (Å²) in [6.07, 6.45) is 2.65. The molecule has 0 fully saturated rings. The van der Waals surface area contributed by atoms with Crippen molar-refractivity contribution in [3.8, 4) is 0 Å². The first-order valence-electron chi connectivity index (χ1n) is 6.71. The second-order valence-electron chi connectivity index (χ2n) is 4.67. The molecule has 0 unspecified atom stereocenters. The number of carbonyl (C=O) groups is 1. The Hall–Kier alpha value is -1.62. The van der Waals surface area contributed by atoms with Crippen LogP contribution in [0, 0.1) is 0 Å². The zero-order chi connectivity index (χ0) is 14.3. The summed E-state index contributed by atoms with van der Waals surface area (Å²) < 4.78 is 0. The molecule has 1 heterocycles. The molecule has 0 atom stereocenters. The van der Waals surface area contributed by atoms with Gasteiger partial charge in [-0.15, -0.1) is 0 Å². The maximum Gasteiger partial charge on any atom is 0.272 e. The molecule has 2 N–H and O–H groups in total. The van der Waals surface area contributed by atoms with Crippen molar-refractivity contribution in [2.75, 3.05) is 25.0 Å². The maximum atomic E-state index is 12.3.